The molecule has 0 radical (unpaired) electrons. The molecule has 2 heteroatoms. The van der Waals surface area contributed by atoms with E-state index in [9.17, 15) is 0 Å². The molecule has 0 aromatic heterocycles. The first kappa shape index (κ1) is 24.1. The molecular formula is C28H40N2. The van der Waals surface area contributed by atoms with Crippen LogP contribution in [0, 0.1) is 24.7 Å². The van der Waals surface area contributed by atoms with Gasteiger partial charge in [-0.15, -0.1) is 0 Å². The van der Waals surface area contributed by atoms with Crippen molar-refractivity contribution < 1.29 is 0 Å². The summed E-state index contributed by atoms with van der Waals surface area (Å²) in [5, 5.41) is 8.88. The van der Waals surface area contributed by atoms with Gasteiger partial charge in [0.25, 0.3) is 0 Å². The lowest BCUT2D eigenvalue weighted by Crippen LogP contribution is -2.08. The van der Waals surface area contributed by atoms with Gasteiger partial charge in [-0.25, -0.2) is 0 Å². The average Bonchev–Trinajstić information content (AvgIpc) is 2.63. The van der Waals surface area contributed by atoms with Crippen LogP contribution in [0.5, 0.6) is 0 Å². The Bertz CT molecular complexity index is 814. The Labute approximate surface area is 184 Å². The summed E-state index contributed by atoms with van der Waals surface area (Å²) >= 11 is 0. The molecule has 0 N–H and O–H groups in total. The van der Waals surface area contributed by atoms with Crippen LogP contribution < -0.4 is 0 Å². The highest BCUT2D eigenvalue weighted by Gasteiger charge is 2.13. The molecule has 0 atom stereocenters. The van der Waals surface area contributed by atoms with E-state index >= 15 is 0 Å². The lowest BCUT2D eigenvalue weighted by molar-refractivity contribution is 0.378. The van der Waals surface area contributed by atoms with E-state index < -0.39 is 0 Å². The van der Waals surface area contributed by atoms with Gasteiger partial charge in [0.1, 0.15) is 0 Å². The number of rotatable bonds is 7. The van der Waals surface area contributed by atoms with Crippen molar-refractivity contribution in [1.82, 2.24) is 0 Å². The van der Waals surface area contributed by atoms with E-state index in [4.69, 9.17) is 0 Å². The fourth-order valence-electron chi connectivity index (χ4n) is 3.49. The van der Waals surface area contributed by atoms with Gasteiger partial charge in [-0.1, -0.05) is 77.9 Å². The predicted molar refractivity (Wildman–Crippen MR) is 133 cm³/mol. The minimum Gasteiger partial charge on any atom is -0.158 e. The monoisotopic (exact) mass is 404 g/mol. The summed E-state index contributed by atoms with van der Waals surface area (Å²) in [4.78, 5) is 0. The SMILES string of the molecule is Cc1cccc(CCC(C)(C)C)c1/C=N/N=C/c1c(C)cccc1CCC(C)(C)C. The molecule has 0 saturated carbocycles. The summed E-state index contributed by atoms with van der Waals surface area (Å²) in [7, 11) is 0. The first-order chi connectivity index (χ1) is 14.0. The largest absolute Gasteiger partial charge is 0.158 e. The standard InChI is InChI=1S/C28H40N2/c1-21-11-9-13-23(15-17-27(3,4)5)25(21)19-29-30-20-26-22(2)12-10-14-24(26)16-18-28(6,7)8/h9-14,19-20H,15-18H2,1-8H3/b29-19+,30-20+. The molecule has 0 heterocycles. The maximum Gasteiger partial charge on any atom is 0.0573 e. The molecular weight excluding hydrogens is 364 g/mol. The fourth-order valence-corrected chi connectivity index (χ4v) is 3.49. The highest BCUT2D eigenvalue weighted by Crippen LogP contribution is 2.25. The van der Waals surface area contributed by atoms with Gasteiger partial charge in [0.2, 0.25) is 0 Å². The van der Waals surface area contributed by atoms with Crippen LogP contribution in [-0.4, -0.2) is 12.4 Å². The highest BCUT2D eigenvalue weighted by atomic mass is 15.2. The number of hydrogen-bond acceptors (Lipinski definition) is 2. The van der Waals surface area contributed by atoms with E-state index in [-0.39, 0.29) is 0 Å². The third-order valence-corrected chi connectivity index (χ3v) is 5.56. The highest BCUT2D eigenvalue weighted by molar-refractivity contribution is 5.86. The van der Waals surface area contributed by atoms with Gasteiger partial charge in [-0.3, -0.25) is 0 Å². The van der Waals surface area contributed by atoms with Crippen molar-refractivity contribution in [2.75, 3.05) is 0 Å². The van der Waals surface area contributed by atoms with Crippen LogP contribution in [0.4, 0.5) is 0 Å². The lowest BCUT2D eigenvalue weighted by atomic mass is 9.87. The number of benzene rings is 2. The zero-order valence-electron chi connectivity index (χ0n) is 20.3. The van der Waals surface area contributed by atoms with Crippen molar-refractivity contribution in [1.29, 1.82) is 0 Å². The van der Waals surface area contributed by atoms with Crippen molar-refractivity contribution in [2.24, 2.45) is 21.0 Å². The van der Waals surface area contributed by atoms with Crippen LogP contribution >= 0.6 is 0 Å². The molecule has 2 nitrogen and oxygen atoms in total. The van der Waals surface area contributed by atoms with Crippen LogP contribution in [0.15, 0.2) is 46.6 Å². The molecule has 2 aromatic rings. The van der Waals surface area contributed by atoms with Gasteiger partial charge < -0.3 is 0 Å². The molecule has 0 unspecified atom stereocenters. The summed E-state index contributed by atoms with van der Waals surface area (Å²) in [6.45, 7) is 18.1. The van der Waals surface area contributed by atoms with Gasteiger partial charge in [-0.05, 0) is 72.6 Å². The number of hydrogen-bond donors (Lipinski definition) is 0. The molecule has 2 rings (SSSR count). The molecule has 0 amide bonds. The molecule has 162 valence electrons. The molecule has 0 aliphatic carbocycles. The number of aryl methyl sites for hydroxylation is 4. The summed E-state index contributed by atoms with van der Waals surface area (Å²) < 4.78 is 0. The Balaban J connectivity index is 2.20. The summed E-state index contributed by atoms with van der Waals surface area (Å²) in [6.07, 6.45) is 8.28. The third-order valence-electron chi connectivity index (χ3n) is 5.56. The van der Waals surface area contributed by atoms with E-state index in [0.29, 0.717) is 10.8 Å². The molecule has 2 aromatic carbocycles. The predicted octanol–water partition coefficient (Wildman–Crippen LogP) is 7.71. The average molecular weight is 405 g/mol. The minimum atomic E-state index is 0.324. The van der Waals surface area contributed by atoms with E-state index in [2.05, 4.69) is 102 Å². The Kier molecular flexibility index (Phi) is 8.18. The first-order valence-corrected chi connectivity index (χ1v) is 11.2. The Morgan fingerprint density at radius 2 is 1.00 bits per heavy atom. The van der Waals surface area contributed by atoms with Gasteiger partial charge in [0.15, 0.2) is 0 Å². The van der Waals surface area contributed by atoms with Crippen LogP contribution in [-0.2, 0) is 12.8 Å². The van der Waals surface area contributed by atoms with Crippen molar-refractivity contribution in [3.8, 4) is 0 Å². The molecule has 0 aliphatic heterocycles. The van der Waals surface area contributed by atoms with E-state index in [1.54, 1.807) is 0 Å². The van der Waals surface area contributed by atoms with Gasteiger partial charge in [-0.2, -0.15) is 10.2 Å². The van der Waals surface area contributed by atoms with E-state index in [1.807, 2.05) is 12.4 Å². The minimum absolute atomic E-state index is 0.324. The zero-order valence-corrected chi connectivity index (χ0v) is 20.3. The lowest BCUT2D eigenvalue weighted by Gasteiger charge is -2.19. The van der Waals surface area contributed by atoms with Crippen LogP contribution in [0.2, 0.25) is 0 Å². The molecule has 0 saturated heterocycles. The van der Waals surface area contributed by atoms with Crippen molar-refractivity contribution in [3.63, 3.8) is 0 Å². The quantitative estimate of drug-likeness (QED) is 0.333. The molecule has 0 spiro atoms. The van der Waals surface area contributed by atoms with Gasteiger partial charge >= 0.3 is 0 Å². The van der Waals surface area contributed by atoms with Gasteiger partial charge in [0.05, 0.1) is 12.4 Å². The summed E-state index contributed by atoms with van der Waals surface area (Å²) in [5.74, 6) is 0. The molecule has 0 fully saturated rings. The third kappa shape index (κ3) is 7.89. The van der Waals surface area contributed by atoms with Crippen molar-refractivity contribution in [3.05, 3.63) is 69.8 Å². The first-order valence-electron chi connectivity index (χ1n) is 11.2. The van der Waals surface area contributed by atoms with Crippen LogP contribution in [0.25, 0.3) is 0 Å². The second-order valence-electron chi connectivity index (χ2n) is 10.9. The number of nitrogens with zero attached hydrogens (tertiary/aromatic N) is 2. The van der Waals surface area contributed by atoms with Crippen LogP contribution in [0.3, 0.4) is 0 Å². The second-order valence-corrected chi connectivity index (χ2v) is 10.9. The fraction of sp³-hybridized carbons (Fsp3) is 0.500. The summed E-state index contributed by atoms with van der Waals surface area (Å²) in [6, 6.07) is 13.0. The van der Waals surface area contributed by atoms with Gasteiger partial charge in [0, 0.05) is 11.1 Å². The Morgan fingerprint density at radius 1 is 0.633 bits per heavy atom. The maximum absolute atomic E-state index is 4.44. The molecule has 0 bridgehead atoms. The normalized spacial score (nSPS) is 12.9. The van der Waals surface area contributed by atoms with E-state index in [0.717, 1.165) is 25.7 Å². The topological polar surface area (TPSA) is 24.7 Å². The summed E-state index contributed by atoms with van der Waals surface area (Å²) in [5.41, 5.74) is 8.27. The van der Waals surface area contributed by atoms with Crippen molar-refractivity contribution in [2.45, 2.75) is 81.1 Å². The van der Waals surface area contributed by atoms with Crippen LogP contribution in [0.1, 0.15) is 87.8 Å². The smallest absolute Gasteiger partial charge is 0.0573 e. The Hall–Kier alpha value is -2.22. The second kappa shape index (κ2) is 10.2. The Morgan fingerprint density at radius 3 is 1.33 bits per heavy atom. The zero-order chi connectivity index (χ0) is 22.4. The van der Waals surface area contributed by atoms with Crippen molar-refractivity contribution >= 4 is 12.4 Å². The molecule has 0 aliphatic rings. The molecule has 30 heavy (non-hydrogen) atoms. The maximum atomic E-state index is 4.44. The van der Waals surface area contributed by atoms with E-state index in [1.165, 1.54) is 33.4 Å².